The quantitative estimate of drug-likeness (QED) is 0.740. The van der Waals surface area contributed by atoms with Gasteiger partial charge in [-0.1, -0.05) is 11.6 Å². The Bertz CT molecular complexity index is 1080. The number of aromatic nitrogens is 3. The van der Waals surface area contributed by atoms with Crippen LogP contribution in [-0.4, -0.2) is 36.0 Å². The molecule has 0 unspecified atom stereocenters. The number of hydrogen-bond acceptors (Lipinski definition) is 6. The number of rotatable bonds is 4. The molecule has 0 saturated carbocycles. The van der Waals surface area contributed by atoms with E-state index in [4.69, 9.17) is 16.3 Å². The number of methoxy groups -OCH3 is 1. The minimum absolute atomic E-state index is 0.0714. The number of nitrogens with zero attached hydrogens (tertiary/aromatic N) is 3. The first-order valence-electron chi connectivity index (χ1n) is 7.03. The van der Waals surface area contributed by atoms with Crippen molar-refractivity contribution in [2.45, 2.75) is 11.8 Å². The Morgan fingerprint density at radius 2 is 2.08 bits per heavy atom. The molecule has 0 bridgehead atoms. The van der Waals surface area contributed by atoms with Crippen LogP contribution in [0.25, 0.3) is 5.65 Å². The van der Waals surface area contributed by atoms with Gasteiger partial charge < -0.3 is 4.74 Å². The van der Waals surface area contributed by atoms with Crippen molar-refractivity contribution in [3.63, 3.8) is 0 Å². The molecule has 0 radical (unpaired) electrons. The summed E-state index contributed by atoms with van der Waals surface area (Å²) in [7, 11) is -2.87. The zero-order chi connectivity index (χ0) is 18.2. The van der Waals surface area contributed by atoms with Gasteiger partial charge in [0.2, 0.25) is 0 Å². The van der Waals surface area contributed by atoms with E-state index in [0.29, 0.717) is 11.3 Å². The Hall–Kier alpha value is -2.65. The number of carbonyl (C=O) groups excluding carboxylic acids is 1. The van der Waals surface area contributed by atoms with Gasteiger partial charge in [0.25, 0.3) is 15.9 Å². The van der Waals surface area contributed by atoms with Crippen LogP contribution in [0.15, 0.2) is 41.6 Å². The minimum atomic E-state index is -4.20. The summed E-state index contributed by atoms with van der Waals surface area (Å²) in [5.41, 5.74) is 1.09. The van der Waals surface area contributed by atoms with E-state index < -0.39 is 15.9 Å². The summed E-state index contributed by atoms with van der Waals surface area (Å²) in [5.74, 6) is -0.758. The van der Waals surface area contributed by atoms with E-state index >= 15 is 0 Å². The lowest BCUT2D eigenvalue weighted by Gasteiger charge is -2.12. The smallest absolute Gasteiger partial charge is 0.268 e. The minimum Gasteiger partial charge on any atom is -0.495 e. The molecule has 0 aliphatic rings. The molecule has 0 aliphatic carbocycles. The molecule has 0 fully saturated rings. The number of fused-ring (bicyclic) bond motifs is 1. The van der Waals surface area contributed by atoms with Crippen LogP contribution in [0.3, 0.4) is 0 Å². The highest BCUT2D eigenvalue weighted by molar-refractivity contribution is 7.90. The Morgan fingerprint density at radius 3 is 2.80 bits per heavy atom. The van der Waals surface area contributed by atoms with Gasteiger partial charge >= 0.3 is 0 Å². The molecule has 1 N–H and O–H groups in total. The summed E-state index contributed by atoms with van der Waals surface area (Å²) in [6.45, 7) is 1.64. The van der Waals surface area contributed by atoms with Gasteiger partial charge in [-0.25, -0.2) is 22.6 Å². The lowest BCUT2D eigenvalue weighted by molar-refractivity contribution is 0.0980. The lowest BCUT2D eigenvalue weighted by atomic mass is 10.2. The predicted molar refractivity (Wildman–Crippen MR) is 90.4 cm³/mol. The SMILES string of the molecule is COc1ccc(Cl)cc1S(=O)(=O)NC(=O)c1cnc2ccnn2c1C. The van der Waals surface area contributed by atoms with Crippen LogP contribution in [-0.2, 0) is 10.0 Å². The average molecular weight is 381 g/mol. The second-order valence-electron chi connectivity index (χ2n) is 5.09. The molecule has 2 aromatic heterocycles. The van der Waals surface area contributed by atoms with Crippen LogP contribution in [0.5, 0.6) is 5.75 Å². The fourth-order valence-corrected chi connectivity index (χ4v) is 3.71. The summed E-state index contributed by atoms with van der Waals surface area (Å²) < 4.78 is 33.6. The number of aryl methyl sites for hydroxylation is 1. The van der Waals surface area contributed by atoms with Crippen molar-refractivity contribution in [2.75, 3.05) is 7.11 Å². The summed E-state index contributed by atoms with van der Waals surface area (Å²) in [5, 5.41) is 4.24. The Kier molecular flexibility index (Phi) is 4.36. The van der Waals surface area contributed by atoms with Crippen LogP contribution < -0.4 is 9.46 Å². The van der Waals surface area contributed by atoms with E-state index in [1.165, 1.54) is 42.2 Å². The number of ether oxygens (including phenoxy) is 1. The van der Waals surface area contributed by atoms with E-state index in [1.54, 1.807) is 13.0 Å². The largest absolute Gasteiger partial charge is 0.495 e. The lowest BCUT2D eigenvalue weighted by Crippen LogP contribution is -2.32. The molecule has 3 rings (SSSR count). The van der Waals surface area contributed by atoms with Gasteiger partial charge in [0.1, 0.15) is 10.6 Å². The Morgan fingerprint density at radius 1 is 1.32 bits per heavy atom. The van der Waals surface area contributed by atoms with Gasteiger partial charge in [-0.2, -0.15) is 5.10 Å². The highest BCUT2D eigenvalue weighted by Gasteiger charge is 2.24. The average Bonchev–Trinajstić information content (AvgIpc) is 3.04. The van der Waals surface area contributed by atoms with Crippen molar-refractivity contribution in [2.24, 2.45) is 0 Å². The molecule has 3 aromatic rings. The van der Waals surface area contributed by atoms with E-state index in [1.807, 2.05) is 4.72 Å². The van der Waals surface area contributed by atoms with E-state index in [9.17, 15) is 13.2 Å². The molecular weight excluding hydrogens is 368 g/mol. The van der Waals surface area contributed by atoms with Crippen molar-refractivity contribution in [1.82, 2.24) is 19.3 Å². The molecule has 10 heteroatoms. The first-order valence-corrected chi connectivity index (χ1v) is 8.89. The summed E-state index contributed by atoms with van der Waals surface area (Å²) in [6, 6.07) is 5.77. The maximum Gasteiger partial charge on any atom is 0.268 e. The van der Waals surface area contributed by atoms with Gasteiger partial charge in [-0.3, -0.25) is 4.79 Å². The van der Waals surface area contributed by atoms with Crippen LogP contribution in [0.1, 0.15) is 16.1 Å². The third kappa shape index (κ3) is 3.15. The predicted octanol–water partition coefficient (Wildman–Crippen LogP) is 1.82. The van der Waals surface area contributed by atoms with Gasteiger partial charge in [-0.15, -0.1) is 0 Å². The van der Waals surface area contributed by atoms with Crippen molar-refractivity contribution >= 4 is 33.2 Å². The molecule has 8 nitrogen and oxygen atoms in total. The molecular formula is C15H13ClN4O4S. The number of benzene rings is 1. The second kappa shape index (κ2) is 6.34. The van der Waals surface area contributed by atoms with E-state index in [-0.39, 0.29) is 21.2 Å². The number of amides is 1. The molecule has 130 valence electrons. The van der Waals surface area contributed by atoms with Crippen LogP contribution in [0.2, 0.25) is 5.02 Å². The molecule has 1 aromatic carbocycles. The van der Waals surface area contributed by atoms with Crippen molar-refractivity contribution in [3.8, 4) is 5.75 Å². The molecule has 0 aliphatic heterocycles. The summed E-state index contributed by atoms with van der Waals surface area (Å²) >= 11 is 5.86. The molecule has 0 saturated heterocycles. The van der Waals surface area contributed by atoms with Gasteiger partial charge in [-0.05, 0) is 25.1 Å². The standard InChI is InChI=1S/C15H13ClN4O4S/c1-9-11(8-17-14-5-6-18-20(9)14)15(21)19-25(22,23)13-7-10(16)3-4-12(13)24-2/h3-8H,1-2H3,(H,19,21). The van der Waals surface area contributed by atoms with E-state index in [2.05, 4.69) is 10.1 Å². The number of nitrogens with one attached hydrogen (secondary N) is 1. The normalized spacial score (nSPS) is 11.5. The van der Waals surface area contributed by atoms with E-state index in [0.717, 1.165) is 0 Å². The number of sulfonamides is 1. The molecule has 0 atom stereocenters. The molecule has 2 heterocycles. The van der Waals surface area contributed by atoms with Crippen LogP contribution in [0, 0.1) is 6.92 Å². The fourth-order valence-electron chi connectivity index (χ4n) is 2.31. The second-order valence-corrected chi connectivity index (χ2v) is 7.18. The Labute approximate surface area is 148 Å². The third-order valence-corrected chi connectivity index (χ3v) is 5.13. The zero-order valence-corrected chi connectivity index (χ0v) is 14.8. The fraction of sp³-hybridized carbons (Fsp3) is 0.133. The highest BCUT2D eigenvalue weighted by atomic mass is 35.5. The zero-order valence-electron chi connectivity index (χ0n) is 13.2. The van der Waals surface area contributed by atoms with Crippen molar-refractivity contribution in [3.05, 3.63) is 52.9 Å². The van der Waals surface area contributed by atoms with Gasteiger partial charge in [0.05, 0.1) is 24.6 Å². The van der Waals surface area contributed by atoms with Crippen LogP contribution >= 0.6 is 11.6 Å². The topological polar surface area (TPSA) is 103 Å². The number of carbonyl (C=O) groups is 1. The highest BCUT2D eigenvalue weighted by Crippen LogP contribution is 2.27. The maximum absolute atomic E-state index is 12.6. The van der Waals surface area contributed by atoms with Crippen molar-refractivity contribution in [1.29, 1.82) is 0 Å². The Balaban J connectivity index is 1.99. The van der Waals surface area contributed by atoms with Gasteiger partial charge in [0, 0.05) is 17.3 Å². The summed E-state index contributed by atoms with van der Waals surface area (Å²) in [4.78, 5) is 16.3. The molecule has 25 heavy (non-hydrogen) atoms. The van der Waals surface area contributed by atoms with Gasteiger partial charge in [0.15, 0.2) is 5.65 Å². The monoisotopic (exact) mass is 380 g/mol. The first kappa shape index (κ1) is 17.2. The summed E-state index contributed by atoms with van der Waals surface area (Å²) in [6.07, 6.45) is 2.83. The molecule has 0 spiro atoms. The number of hydrogen-bond donors (Lipinski definition) is 1. The maximum atomic E-state index is 12.6. The molecule has 1 amide bonds. The van der Waals surface area contributed by atoms with Crippen LogP contribution in [0.4, 0.5) is 0 Å². The first-order chi connectivity index (χ1) is 11.8. The van der Waals surface area contributed by atoms with Crippen molar-refractivity contribution < 1.29 is 17.9 Å². The number of halogens is 1. The third-order valence-electron chi connectivity index (χ3n) is 3.54.